The van der Waals surface area contributed by atoms with E-state index in [1.165, 1.54) is 17.0 Å². The Morgan fingerprint density at radius 2 is 1.93 bits per heavy atom. The molecule has 0 aliphatic carbocycles. The summed E-state index contributed by atoms with van der Waals surface area (Å²) < 4.78 is 53.4. The van der Waals surface area contributed by atoms with Gasteiger partial charge in [-0.05, 0) is 54.2 Å². The van der Waals surface area contributed by atoms with E-state index in [4.69, 9.17) is 26.0 Å². The molecule has 12 nitrogen and oxygen atoms in total. The minimum atomic E-state index is -3.09. The molecule has 2 aliphatic heterocycles. The summed E-state index contributed by atoms with van der Waals surface area (Å²) in [6, 6.07) is 3.42. The third kappa shape index (κ3) is 7.82. The van der Waals surface area contributed by atoms with Crippen molar-refractivity contribution >= 4 is 51.4 Å². The molecule has 3 amide bonds. The number of rotatable bonds is 10. The maximum atomic E-state index is 14.9. The number of hydrogen-bond donors (Lipinski definition) is 1. The van der Waals surface area contributed by atoms with Gasteiger partial charge in [0.05, 0.1) is 30.3 Å². The van der Waals surface area contributed by atoms with Crippen LogP contribution in [0.1, 0.15) is 51.5 Å². The van der Waals surface area contributed by atoms with Crippen LogP contribution < -0.4 is 9.74 Å². The zero-order valence-electron chi connectivity index (χ0n) is 22.4. The largest absolute Gasteiger partial charge is 0.442 e. The van der Waals surface area contributed by atoms with Gasteiger partial charge in [0.15, 0.2) is 0 Å². The van der Waals surface area contributed by atoms with Gasteiger partial charge in [0.25, 0.3) is 0 Å². The third-order valence-corrected chi connectivity index (χ3v) is 9.07. The molecule has 3 atom stereocenters. The average Bonchev–Trinajstić information content (AvgIpc) is 3.27. The Morgan fingerprint density at radius 3 is 2.50 bits per heavy atom. The number of nitrogens with zero attached hydrogens (tertiary/aromatic N) is 2. The first-order valence-corrected chi connectivity index (χ1v) is 15.0. The summed E-state index contributed by atoms with van der Waals surface area (Å²) in [7, 11) is -3.09. The van der Waals surface area contributed by atoms with Gasteiger partial charge in [-0.1, -0.05) is 26.3 Å². The van der Waals surface area contributed by atoms with Gasteiger partial charge >= 0.3 is 18.2 Å². The first-order valence-electron chi connectivity index (χ1n) is 12.8. The molecule has 1 N–H and O–H groups in total. The summed E-state index contributed by atoms with van der Waals surface area (Å²) in [5.74, 6) is -2.39. The van der Waals surface area contributed by atoms with Crippen molar-refractivity contribution in [2.24, 2.45) is 5.92 Å². The highest BCUT2D eigenvalue weighted by Crippen LogP contribution is 2.33. The molecule has 1 aromatic carbocycles. The lowest BCUT2D eigenvalue weighted by Gasteiger charge is -2.23. The van der Waals surface area contributed by atoms with E-state index in [1.807, 2.05) is 6.92 Å². The molecule has 0 radical (unpaired) electrons. The number of carbonyl (C=O) groups excluding carboxylic acids is 4. The van der Waals surface area contributed by atoms with Gasteiger partial charge < -0.3 is 14.2 Å². The van der Waals surface area contributed by atoms with Crippen molar-refractivity contribution < 1.29 is 46.2 Å². The number of cyclic esters (lactones) is 1. The van der Waals surface area contributed by atoms with Crippen LogP contribution in [0.25, 0.3) is 0 Å². The Bertz CT molecular complexity index is 1220. The van der Waals surface area contributed by atoms with Gasteiger partial charge in [-0.3, -0.25) is 14.5 Å². The number of ether oxygens (including phenoxy) is 3. The molecule has 0 unspecified atom stereocenters. The summed E-state index contributed by atoms with van der Waals surface area (Å²) in [6.45, 7) is 3.57. The molecular formula is C25H33ClFN3O9S. The lowest BCUT2D eigenvalue weighted by Crippen LogP contribution is -2.43. The van der Waals surface area contributed by atoms with Crippen LogP contribution in [0.3, 0.4) is 0 Å². The van der Waals surface area contributed by atoms with Crippen LogP contribution in [0.2, 0.25) is 0 Å². The van der Waals surface area contributed by atoms with Gasteiger partial charge in [-0.2, -0.15) is 0 Å². The molecule has 3 rings (SSSR count). The molecule has 222 valence electrons. The molecule has 0 spiro atoms. The second kappa shape index (κ2) is 13.6. The number of nitrogens with one attached hydrogen (secondary N) is 1. The summed E-state index contributed by atoms with van der Waals surface area (Å²) >= 11 is 5.60. The van der Waals surface area contributed by atoms with Crippen LogP contribution in [-0.4, -0.2) is 80.9 Å². The van der Waals surface area contributed by atoms with Crippen LogP contribution in [0, 0.1) is 11.7 Å². The fraction of sp³-hybridized carbons (Fsp3) is 0.600. The highest BCUT2D eigenvalue weighted by atomic mass is 35.5. The molecule has 40 heavy (non-hydrogen) atoms. The molecule has 0 bridgehead atoms. The Balaban J connectivity index is 1.57. The number of sulfone groups is 1. The summed E-state index contributed by atoms with van der Waals surface area (Å²) in [5, 5.41) is 0. The Morgan fingerprint density at radius 1 is 1.25 bits per heavy atom. The number of hydrogen-bond acceptors (Lipinski definition) is 10. The minimum Gasteiger partial charge on any atom is -0.442 e. The van der Waals surface area contributed by atoms with E-state index in [2.05, 4.69) is 4.84 Å². The number of benzene rings is 1. The van der Waals surface area contributed by atoms with Crippen LogP contribution in [0.5, 0.6) is 0 Å². The maximum absolute atomic E-state index is 14.9. The van der Waals surface area contributed by atoms with Crippen LogP contribution in [0.4, 0.5) is 19.7 Å². The molecule has 0 aromatic heterocycles. The molecule has 2 saturated heterocycles. The van der Waals surface area contributed by atoms with Crippen molar-refractivity contribution in [3.8, 4) is 0 Å². The van der Waals surface area contributed by atoms with Crippen LogP contribution in [-0.2, 0) is 33.6 Å². The Kier molecular flexibility index (Phi) is 10.7. The monoisotopic (exact) mass is 605 g/mol. The lowest BCUT2D eigenvalue weighted by atomic mass is 9.93. The first-order chi connectivity index (χ1) is 18.9. The number of esters is 1. The van der Waals surface area contributed by atoms with Crippen molar-refractivity contribution in [2.75, 3.05) is 36.3 Å². The van der Waals surface area contributed by atoms with Gasteiger partial charge in [0.1, 0.15) is 27.8 Å². The molecule has 15 heteroatoms. The second-order valence-electron chi connectivity index (χ2n) is 9.84. The van der Waals surface area contributed by atoms with Crippen molar-refractivity contribution in [3.63, 3.8) is 0 Å². The zero-order valence-corrected chi connectivity index (χ0v) is 24.0. The molecule has 2 aliphatic rings. The van der Waals surface area contributed by atoms with Gasteiger partial charge in [-0.15, -0.1) is 0 Å². The molecule has 2 fully saturated rings. The molecule has 2 heterocycles. The Hall–Kier alpha value is -2.97. The van der Waals surface area contributed by atoms with Crippen LogP contribution in [0.15, 0.2) is 18.2 Å². The third-order valence-electron chi connectivity index (χ3n) is 7.12. The van der Waals surface area contributed by atoms with Gasteiger partial charge in [0, 0.05) is 6.92 Å². The van der Waals surface area contributed by atoms with E-state index in [-0.39, 0.29) is 42.1 Å². The van der Waals surface area contributed by atoms with E-state index in [1.54, 1.807) is 13.0 Å². The summed E-state index contributed by atoms with van der Waals surface area (Å²) in [6.07, 6.45) is -1.56. The van der Waals surface area contributed by atoms with Crippen LogP contribution >= 0.6 is 11.8 Å². The molecule has 1 aromatic rings. The number of anilines is 1. The predicted molar refractivity (Wildman–Crippen MR) is 142 cm³/mol. The highest BCUT2D eigenvalue weighted by Gasteiger charge is 2.37. The summed E-state index contributed by atoms with van der Waals surface area (Å²) in [4.78, 5) is 53.5. The smallest absolute Gasteiger partial charge is 0.419 e. The van der Waals surface area contributed by atoms with E-state index >= 15 is 0 Å². The SMILES string of the molecule is CC[C@H](C)[C@H](NCl)C(=O)OCOC(=O)N(C[C@H]1CN(c2ccc(C3CCS(=O)(=O)CC3)c(F)c2)C(=O)O1)C(C)=O. The quantitative estimate of drug-likeness (QED) is 0.239. The zero-order chi connectivity index (χ0) is 29.6. The number of halogens is 2. The second-order valence-corrected chi connectivity index (χ2v) is 12.4. The number of amides is 3. The molecule has 0 saturated carbocycles. The van der Waals surface area contributed by atoms with Crippen molar-refractivity contribution in [2.45, 2.75) is 58.1 Å². The van der Waals surface area contributed by atoms with Gasteiger partial charge in [-0.25, -0.2) is 32.1 Å². The first kappa shape index (κ1) is 31.6. The van der Waals surface area contributed by atoms with E-state index in [0.717, 1.165) is 6.92 Å². The number of imide groups is 1. The van der Waals surface area contributed by atoms with E-state index in [9.17, 15) is 32.0 Å². The van der Waals surface area contributed by atoms with Crippen molar-refractivity contribution in [1.29, 1.82) is 0 Å². The van der Waals surface area contributed by atoms with E-state index < -0.39 is 58.7 Å². The van der Waals surface area contributed by atoms with E-state index in [0.29, 0.717) is 29.7 Å². The normalized spacial score (nSPS) is 20.4. The molecular weight excluding hydrogens is 573 g/mol. The standard InChI is InChI=1S/C25H33ClFN3O9S/c1-4-15(2)22(28-26)23(32)37-14-38-24(33)29(16(3)31)12-19-13-30(25(34)39-19)18-5-6-20(21(27)11-18)17-7-9-40(35,36)10-8-17/h5-6,11,15,17,19,22,28H,4,7-10,12-14H2,1-3H3/t15-,19-,22-/m0/s1. The highest BCUT2D eigenvalue weighted by molar-refractivity contribution is 7.91. The maximum Gasteiger partial charge on any atom is 0.419 e. The summed E-state index contributed by atoms with van der Waals surface area (Å²) in [5.41, 5.74) is 0.594. The average molecular weight is 606 g/mol. The predicted octanol–water partition coefficient (Wildman–Crippen LogP) is 3.09. The fourth-order valence-corrected chi connectivity index (χ4v) is 6.30. The van der Waals surface area contributed by atoms with Crippen molar-refractivity contribution in [1.82, 2.24) is 9.74 Å². The fourth-order valence-electron chi connectivity index (χ4n) is 4.50. The topological polar surface area (TPSA) is 149 Å². The number of carbonyl (C=O) groups is 4. The minimum absolute atomic E-state index is 0.000284. The Labute approximate surface area is 237 Å². The lowest BCUT2D eigenvalue weighted by molar-refractivity contribution is -0.156. The van der Waals surface area contributed by atoms with Gasteiger partial charge in [0.2, 0.25) is 12.7 Å². The van der Waals surface area contributed by atoms with Crippen molar-refractivity contribution in [3.05, 3.63) is 29.6 Å².